The third-order valence-electron chi connectivity index (χ3n) is 2.52. The third kappa shape index (κ3) is 4.47. The minimum Gasteiger partial charge on any atom is -0.479 e. The molecule has 0 saturated heterocycles. The standard InChI is InChI=1S/C14H17ClN2O2/c1-4-7-17-14(18)10(3)19-13-6-5-11(9(2)16)8-12(13)15/h1,5-6,8-10H,7,16H2,2-3H3,(H,17,18)/t9-,10?/m0/s1. The highest BCUT2D eigenvalue weighted by Crippen LogP contribution is 2.28. The number of nitrogens with two attached hydrogens (primary N) is 1. The van der Waals surface area contributed by atoms with Gasteiger partial charge in [0, 0.05) is 6.04 Å². The number of rotatable bonds is 5. The highest BCUT2D eigenvalue weighted by atomic mass is 35.5. The molecule has 0 aliphatic rings. The quantitative estimate of drug-likeness (QED) is 0.810. The average Bonchev–Trinajstić information content (AvgIpc) is 2.37. The topological polar surface area (TPSA) is 64.3 Å². The molecule has 0 aliphatic carbocycles. The lowest BCUT2D eigenvalue weighted by Gasteiger charge is -2.16. The summed E-state index contributed by atoms with van der Waals surface area (Å²) in [5.74, 6) is 2.47. The maximum atomic E-state index is 11.6. The van der Waals surface area contributed by atoms with Crippen molar-refractivity contribution in [2.24, 2.45) is 5.73 Å². The molecule has 0 aromatic heterocycles. The van der Waals surface area contributed by atoms with Crippen molar-refractivity contribution >= 4 is 17.5 Å². The molecular formula is C14H17ClN2O2. The van der Waals surface area contributed by atoms with Crippen LogP contribution in [0.2, 0.25) is 5.02 Å². The fourth-order valence-corrected chi connectivity index (χ4v) is 1.66. The van der Waals surface area contributed by atoms with Crippen molar-refractivity contribution in [2.75, 3.05) is 6.54 Å². The second-order valence-corrected chi connectivity index (χ2v) is 4.57. The second-order valence-electron chi connectivity index (χ2n) is 4.16. The number of ether oxygens (including phenoxy) is 1. The molecular weight excluding hydrogens is 264 g/mol. The molecule has 3 N–H and O–H groups in total. The van der Waals surface area contributed by atoms with Gasteiger partial charge in [-0.2, -0.15) is 0 Å². The summed E-state index contributed by atoms with van der Waals surface area (Å²) in [6.45, 7) is 3.66. The van der Waals surface area contributed by atoms with Crippen molar-refractivity contribution in [2.45, 2.75) is 26.0 Å². The van der Waals surface area contributed by atoms with Crippen molar-refractivity contribution < 1.29 is 9.53 Å². The molecule has 0 radical (unpaired) electrons. The molecule has 1 aromatic rings. The fraction of sp³-hybridized carbons (Fsp3) is 0.357. The Morgan fingerprint density at radius 2 is 2.26 bits per heavy atom. The van der Waals surface area contributed by atoms with Gasteiger partial charge < -0.3 is 15.8 Å². The molecule has 0 spiro atoms. The van der Waals surface area contributed by atoms with E-state index in [1.807, 2.05) is 13.0 Å². The minimum absolute atomic E-state index is 0.108. The summed E-state index contributed by atoms with van der Waals surface area (Å²) < 4.78 is 5.49. The first-order valence-electron chi connectivity index (χ1n) is 5.88. The average molecular weight is 281 g/mol. The van der Waals surface area contributed by atoms with Crippen LogP contribution < -0.4 is 15.8 Å². The molecule has 102 valence electrons. The number of carbonyl (C=O) groups is 1. The largest absolute Gasteiger partial charge is 0.479 e. The van der Waals surface area contributed by atoms with Gasteiger partial charge in [-0.05, 0) is 31.5 Å². The molecule has 1 aromatic carbocycles. The zero-order chi connectivity index (χ0) is 14.4. The van der Waals surface area contributed by atoms with E-state index in [0.29, 0.717) is 10.8 Å². The normalized spacial score (nSPS) is 13.2. The number of nitrogens with one attached hydrogen (secondary N) is 1. The molecule has 1 unspecified atom stereocenters. The number of hydrogen-bond donors (Lipinski definition) is 2. The summed E-state index contributed by atoms with van der Waals surface area (Å²) >= 11 is 6.08. The molecule has 1 amide bonds. The van der Waals surface area contributed by atoms with Gasteiger partial charge in [0.05, 0.1) is 11.6 Å². The van der Waals surface area contributed by atoms with Crippen LogP contribution in [0.4, 0.5) is 0 Å². The van der Waals surface area contributed by atoms with E-state index in [0.717, 1.165) is 5.56 Å². The SMILES string of the molecule is C#CCNC(=O)C(C)Oc1ccc([C@H](C)N)cc1Cl. The Hall–Kier alpha value is -1.70. The summed E-state index contributed by atoms with van der Waals surface area (Å²) in [5, 5.41) is 2.96. The molecule has 19 heavy (non-hydrogen) atoms. The van der Waals surface area contributed by atoms with Crippen LogP contribution in [0.1, 0.15) is 25.5 Å². The molecule has 0 aliphatic heterocycles. The van der Waals surface area contributed by atoms with Crippen molar-refractivity contribution in [1.29, 1.82) is 0 Å². The highest BCUT2D eigenvalue weighted by Gasteiger charge is 2.15. The number of hydrogen-bond acceptors (Lipinski definition) is 3. The Labute approximate surface area is 118 Å². The van der Waals surface area contributed by atoms with E-state index in [9.17, 15) is 4.79 Å². The highest BCUT2D eigenvalue weighted by molar-refractivity contribution is 6.32. The molecule has 2 atom stereocenters. The van der Waals surface area contributed by atoms with Gasteiger partial charge in [0.1, 0.15) is 5.75 Å². The van der Waals surface area contributed by atoms with Crippen LogP contribution in [0.3, 0.4) is 0 Å². The molecule has 0 heterocycles. The first kappa shape index (κ1) is 15.4. The smallest absolute Gasteiger partial charge is 0.261 e. The van der Waals surface area contributed by atoms with E-state index in [1.165, 1.54) is 0 Å². The van der Waals surface area contributed by atoms with Crippen molar-refractivity contribution in [3.63, 3.8) is 0 Å². The first-order valence-corrected chi connectivity index (χ1v) is 6.26. The van der Waals surface area contributed by atoms with Crippen molar-refractivity contribution in [3.05, 3.63) is 28.8 Å². The van der Waals surface area contributed by atoms with Crippen molar-refractivity contribution in [3.8, 4) is 18.1 Å². The molecule has 0 bridgehead atoms. The van der Waals surface area contributed by atoms with Gasteiger partial charge in [-0.1, -0.05) is 23.6 Å². The van der Waals surface area contributed by atoms with Crippen LogP contribution in [0, 0.1) is 12.3 Å². The van der Waals surface area contributed by atoms with Gasteiger partial charge >= 0.3 is 0 Å². The molecule has 0 fully saturated rings. The Morgan fingerprint density at radius 3 is 2.79 bits per heavy atom. The zero-order valence-corrected chi connectivity index (χ0v) is 11.7. The van der Waals surface area contributed by atoms with E-state index in [1.54, 1.807) is 19.1 Å². The van der Waals surface area contributed by atoms with E-state index >= 15 is 0 Å². The van der Waals surface area contributed by atoms with Gasteiger partial charge in [0.25, 0.3) is 5.91 Å². The zero-order valence-electron chi connectivity index (χ0n) is 10.9. The summed E-state index contributed by atoms with van der Waals surface area (Å²) in [7, 11) is 0. The number of amides is 1. The van der Waals surface area contributed by atoms with E-state index in [-0.39, 0.29) is 18.5 Å². The van der Waals surface area contributed by atoms with E-state index < -0.39 is 6.10 Å². The lowest BCUT2D eigenvalue weighted by molar-refractivity contribution is -0.126. The number of terminal acetylenes is 1. The molecule has 1 rings (SSSR count). The number of halogens is 1. The van der Waals surface area contributed by atoms with Crippen LogP contribution in [-0.4, -0.2) is 18.6 Å². The lowest BCUT2D eigenvalue weighted by atomic mass is 10.1. The van der Waals surface area contributed by atoms with Crippen molar-refractivity contribution in [1.82, 2.24) is 5.32 Å². The lowest BCUT2D eigenvalue weighted by Crippen LogP contribution is -2.36. The fourth-order valence-electron chi connectivity index (χ4n) is 1.42. The number of carbonyl (C=O) groups excluding carboxylic acids is 1. The van der Waals surface area contributed by atoms with Gasteiger partial charge in [-0.3, -0.25) is 4.79 Å². The van der Waals surface area contributed by atoms with Gasteiger partial charge in [0.2, 0.25) is 0 Å². The summed E-state index contributed by atoms with van der Waals surface area (Å²) in [6, 6.07) is 5.14. The van der Waals surface area contributed by atoms with E-state index in [2.05, 4.69) is 11.2 Å². The van der Waals surface area contributed by atoms with Gasteiger partial charge in [0.15, 0.2) is 6.10 Å². The summed E-state index contributed by atoms with van der Waals surface area (Å²) in [5.41, 5.74) is 6.66. The first-order chi connectivity index (χ1) is 8.95. The van der Waals surface area contributed by atoms with Crippen LogP contribution in [-0.2, 0) is 4.79 Å². The summed E-state index contributed by atoms with van der Waals surface area (Å²) in [6.07, 6.45) is 4.39. The Morgan fingerprint density at radius 1 is 1.58 bits per heavy atom. The number of benzene rings is 1. The molecule has 5 heteroatoms. The van der Waals surface area contributed by atoms with Gasteiger partial charge in [-0.15, -0.1) is 6.42 Å². The molecule has 4 nitrogen and oxygen atoms in total. The predicted octanol–water partition coefficient (Wildman–Crippen LogP) is 1.88. The third-order valence-corrected chi connectivity index (χ3v) is 2.81. The molecule has 0 saturated carbocycles. The summed E-state index contributed by atoms with van der Waals surface area (Å²) in [4.78, 5) is 11.6. The van der Waals surface area contributed by atoms with Crippen LogP contribution in [0.25, 0.3) is 0 Å². The Kier molecular flexibility index (Phi) is 5.68. The Bertz CT molecular complexity index is 495. The van der Waals surface area contributed by atoms with Crippen LogP contribution in [0.15, 0.2) is 18.2 Å². The predicted molar refractivity (Wildman–Crippen MR) is 76.0 cm³/mol. The monoisotopic (exact) mass is 280 g/mol. The maximum Gasteiger partial charge on any atom is 0.261 e. The van der Waals surface area contributed by atoms with Crippen LogP contribution in [0.5, 0.6) is 5.75 Å². The minimum atomic E-state index is -0.674. The van der Waals surface area contributed by atoms with Gasteiger partial charge in [-0.25, -0.2) is 0 Å². The van der Waals surface area contributed by atoms with Crippen LogP contribution >= 0.6 is 11.6 Å². The van der Waals surface area contributed by atoms with E-state index in [4.69, 9.17) is 28.5 Å². The Balaban J connectivity index is 2.72. The maximum absolute atomic E-state index is 11.6. The second kappa shape index (κ2) is 7.03.